The summed E-state index contributed by atoms with van der Waals surface area (Å²) in [7, 11) is 0. The zero-order valence-electron chi connectivity index (χ0n) is 11.3. The van der Waals surface area contributed by atoms with Gasteiger partial charge in [-0.1, -0.05) is 32.0 Å². The Balaban J connectivity index is 2.02. The number of para-hydroxylation sites is 1. The first-order valence-electron chi connectivity index (χ1n) is 6.59. The molecule has 98 valence electrons. The summed E-state index contributed by atoms with van der Waals surface area (Å²) in [5.74, 6) is 0.195. The Morgan fingerprint density at radius 2 is 2.11 bits per heavy atom. The zero-order valence-corrected chi connectivity index (χ0v) is 11.3. The van der Waals surface area contributed by atoms with Crippen molar-refractivity contribution in [3.8, 4) is 0 Å². The van der Waals surface area contributed by atoms with Gasteiger partial charge in [0.25, 0.3) is 0 Å². The summed E-state index contributed by atoms with van der Waals surface area (Å²) in [6.45, 7) is 6.19. The molecular formula is C15H22N2O. The highest BCUT2D eigenvalue weighted by atomic mass is 16.2. The second-order valence-electron chi connectivity index (χ2n) is 5.96. The van der Waals surface area contributed by atoms with Crippen molar-refractivity contribution in [3.63, 3.8) is 0 Å². The van der Waals surface area contributed by atoms with Gasteiger partial charge in [-0.25, -0.2) is 0 Å². The number of anilines is 1. The SMILES string of the molecule is CC1(C)CCCN(C(=O)Cc2ccccc2N)C1. The molecule has 1 aromatic carbocycles. The maximum absolute atomic E-state index is 12.3. The van der Waals surface area contributed by atoms with Crippen LogP contribution >= 0.6 is 0 Å². The van der Waals surface area contributed by atoms with Crippen molar-refractivity contribution in [1.29, 1.82) is 0 Å². The number of nitrogens with zero attached hydrogens (tertiary/aromatic N) is 1. The van der Waals surface area contributed by atoms with E-state index in [9.17, 15) is 4.79 Å². The molecule has 1 fully saturated rings. The minimum Gasteiger partial charge on any atom is -0.398 e. The van der Waals surface area contributed by atoms with Crippen LogP contribution in [0, 0.1) is 5.41 Å². The first-order chi connectivity index (χ1) is 8.48. The maximum Gasteiger partial charge on any atom is 0.227 e. The smallest absolute Gasteiger partial charge is 0.227 e. The standard InChI is InChI=1S/C15H22N2O/c1-15(2)8-5-9-17(11-15)14(18)10-12-6-3-4-7-13(12)16/h3-4,6-7H,5,8-11,16H2,1-2H3. The Kier molecular flexibility index (Phi) is 3.60. The quantitative estimate of drug-likeness (QED) is 0.815. The average molecular weight is 246 g/mol. The van der Waals surface area contributed by atoms with Crippen molar-refractivity contribution < 1.29 is 4.79 Å². The topological polar surface area (TPSA) is 46.3 Å². The van der Waals surface area contributed by atoms with E-state index in [1.165, 1.54) is 6.42 Å². The average Bonchev–Trinajstić information content (AvgIpc) is 2.31. The summed E-state index contributed by atoms with van der Waals surface area (Å²) in [6, 6.07) is 7.61. The molecule has 1 aliphatic rings. The highest BCUT2D eigenvalue weighted by Gasteiger charge is 2.28. The van der Waals surface area contributed by atoms with Crippen molar-refractivity contribution in [2.45, 2.75) is 33.1 Å². The van der Waals surface area contributed by atoms with E-state index in [1.54, 1.807) is 0 Å². The zero-order chi connectivity index (χ0) is 13.2. The summed E-state index contributed by atoms with van der Waals surface area (Å²) >= 11 is 0. The molecule has 0 aliphatic carbocycles. The minimum atomic E-state index is 0.195. The largest absolute Gasteiger partial charge is 0.398 e. The van der Waals surface area contributed by atoms with Crippen LogP contribution < -0.4 is 5.73 Å². The van der Waals surface area contributed by atoms with Crippen LogP contribution in [0.15, 0.2) is 24.3 Å². The molecule has 3 nitrogen and oxygen atoms in total. The maximum atomic E-state index is 12.3. The lowest BCUT2D eigenvalue weighted by Gasteiger charge is -2.38. The second kappa shape index (κ2) is 5.01. The molecule has 0 atom stereocenters. The van der Waals surface area contributed by atoms with Crippen LogP contribution in [0.4, 0.5) is 5.69 Å². The Morgan fingerprint density at radius 1 is 1.39 bits per heavy atom. The van der Waals surface area contributed by atoms with E-state index in [1.807, 2.05) is 29.2 Å². The van der Waals surface area contributed by atoms with Crippen LogP contribution in [0.5, 0.6) is 0 Å². The first kappa shape index (κ1) is 12.9. The van der Waals surface area contributed by atoms with E-state index in [2.05, 4.69) is 13.8 Å². The van der Waals surface area contributed by atoms with Gasteiger partial charge in [-0.05, 0) is 29.9 Å². The molecule has 0 unspecified atom stereocenters. The molecule has 0 radical (unpaired) electrons. The molecule has 2 N–H and O–H groups in total. The fraction of sp³-hybridized carbons (Fsp3) is 0.533. The molecule has 1 aromatic rings. The molecule has 2 rings (SSSR count). The van der Waals surface area contributed by atoms with E-state index in [0.717, 1.165) is 25.1 Å². The van der Waals surface area contributed by atoms with Crippen molar-refractivity contribution in [2.75, 3.05) is 18.8 Å². The number of hydrogen-bond donors (Lipinski definition) is 1. The summed E-state index contributed by atoms with van der Waals surface area (Å²) < 4.78 is 0. The van der Waals surface area contributed by atoms with Gasteiger partial charge in [-0.2, -0.15) is 0 Å². The second-order valence-corrected chi connectivity index (χ2v) is 5.96. The van der Waals surface area contributed by atoms with Crippen LogP contribution in [0.3, 0.4) is 0 Å². The van der Waals surface area contributed by atoms with Crippen molar-refractivity contribution >= 4 is 11.6 Å². The number of carbonyl (C=O) groups excluding carboxylic acids is 1. The lowest BCUT2D eigenvalue weighted by Crippen LogP contribution is -2.44. The molecule has 18 heavy (non-hydrogen) atoms. The van der Waals surface area contributed by atoms with Crippen LogP contribution in [-0.4, -0.2) is 23.9 Å². The Morgan fingerprint density at radius 3 is 2.78 bits per heavy atom. The number of amides is 1. The number of nitrogens with two attached hydrogens (primary N) is 1. The molecule has 1 aliphatic heterocycles. The molecule has 0 aromatic heterocycles. The molecule has 0 saturated carbocycles. The fourth-order valence-corrected chi connectivity index (χ4v) is 2.61. The molecule has 0 bridgehead atoms. The van der Waals surface area contributed by atoms with Crippen molar-refractivity contribution in [2.24, 2.45) is 5.41 Å². The molecule has 1 saturated heterocycles. The highest BCUT2D eigenvalue weighted by molar-refractivity contribution is 5.80. The normalized spacial score (nSPS) is 18.7. The van der Waals surface area contributed by atoms with Crippen LogP contribution in [-0.2, 0) is 11.2 Å². The summed E-state index contributed by atoms with van der Waals surface area (Å²) in [5, 5.41) is 0. The Labute approximate surface area is 109 Å². The van der Waals surface area contributed by atoms with Gasteiger partial charge in [0.05, 0.1) is 6.42 Å². The van der Waals surface area contributed by atoms with Crippen LogP contribution in [0.25, 0.3) is 0 Å². The van der Waals surface area contributed by atoms with Gasteiger partial charge in [-0.15, -0.1) is 0 Å². The van der Waals surface area contributed by atoms with E-state index < -0.39 is 0 Å². The Bertz CT molecular complexity index is 440. The van der Waals surface area contributed by atoms with Gasteiger partial charge < -0.3 is 10.6 Å². The minimum absolute atomic E-state index is 0.195. The number of piperidine rings is 1. The van der Waals surface area contributed by atoms with E-state index in [0.29, 0.717) is 12.1 Å². The third kappa shape index (κ3) is 3.03. The Hall–Kier alpha value is -1.51. The van der Waals surface area contributed by atoms with Gasteiger partial charge in [0.1, 0.15) is 0 Å². The predicted molar refractivity (Wildman–Crippen MR) is 74.2 cm³/mol. The van der Waals surface area contributed by atoms with Crippen LogP contribution in [0.1, 0.15) is 32.3 Å². The van der Waals surface area contributed by atoms with Crippen LogP contribution in [0.2, 0.25) is 0 Å². The van der Waals surface area contributed by atoms with Gasteiger partial charge >= 0.3 is 0 Å². The number of hydrogen-bond acceptors (Lipinski definition) is 2. The van der Waals surface area contributed by atoms with E-state index in [-0.39, 0.29) is 11.3 Å². The van der Waals surface area contributed by atoms with Crippen molar-refractivity contribution in [1.82, 2.24) is 4.90 Å². The van der Waals surface area contributed by atoms with E-state index in [4.69, 9.17) is 5.73 Å². The third-order valence-electron chi connectivity index (χ3n) is 3.65. The monoisotopic (exact) mass is 246 g/mol. The van der Waals surface area contributed by atoms with E-state index >= 15 is 0 Å². The number of rotatable bonds is 2. The summed E-state index contributed by atoms with van der Waals surface area (Å²) in [4.78, 5) is 14.3. The summed E-state index contributed by atoms with van der Waals surface area (Å²) in [5.41, 5.74) is 7.77. The highest BCUT2D eigenvalue weighted by Crippen LogP contribution is 2.28. The lowest BCUT2D eigenvalue weighted by atomic mass is 9.84. The van der Waals surface area contributed by atoms with Gasteiger partial charge in [0.2, 0.25) is 5.91 Å². The lowest BCUT2D eigenvalue weighted by molar-refractivity contribution is -0.133. The molecule has 1 amide bonds. The van der Waals surface area contributed by atoms with Gasteiger partial charge in [0.15, 0.2) is 0 Å². The fourth-order valence-electron chi connectivity index (χ4n) is 2.61. The number of likely N-dealkylation sites (tertiary alicyclic amines) is 1. The molecule has 1 heterocycles. The third-order valence-corrected chi connectivity index (χ3v) is 3.65. The first-order valence-corrected chi connectivity index (χ1v) is 6.59. The number of carbonyl (C=O) groups is 1. The predicted octanol–water partition coefficient (Wildman–Crippen LogP) is 2.46. The molecule has 0 spiro atoms. The number of benzene rings is 1. The molecular weight excluding hydrogens is 224 g/mol. The van der Waals surface area contributed by atoms with Gasteiger partial charge in [-0.3, -0.25) is 4.79 Å². The summed E-state index contributed by atoms with van der Waals surface area (Å²) in [6.07, 6.45) is 2.72. The van der Waals surface area contributed by atoms with Crippen molar-refractivity contribution in [3.05, 3.63) is 29.8 Å². The number of nitrogen functional groups attached to an aromatic ring is 1. The molecule has 3 heteroatoms. The van der Waals surface area contributed by atoms with Gasteiger partial charge in [0, 0.05) is 18.8 Å².